The Balaban J connectivity index is 1.82. The number of anilines is 1. The highest BCUT2D eigenvalue weighted by atomic mass is 16.5. The smallest absolute Gasteiger partial charge is 0.201 e. The predicted molar refractivity (Wildman–Crippen MR) is 114 cm³/mol. The summed E-state index contributed by atoms with van der Waals surface area (Å²) in [7, 11) is 0. The Morgan fingerprint density at radius 2 is 1.86 bits per heavy atom. The van der Waals surface area contributed by atoms with Crippen LogP contribution in [0.2, 0.25) is 0 Å². The molecule has 0 spiro atoms. The lowest BCUT2D eigenvalue weighted by molar-refractivity contribution is 0.103. The van der Waals surface area contributed by atoms with Gasteiger partial charge in [-0.05, 0) is 31.0 Å². The van der Waals surface area contributed by atoms with E-state index in [9.17, 15) is 5.11 Å². The molecule has 2 aliphatic heterocycles. The molecule has 29 heavy (non-hydrogen) atoms. The van der Waals surface area contributed by atoms with Crippen LogP contribution in [0.4, 0.5) is 5.69 Å². The van der Waals surface area contributed by atoms with E-state index in [2.05, 4.69) is 49.3 Å². The van der Waals surface area contributed by atoms with Crippen molar-refractivity contribution in [1.29, 1.82) is 0 Å². The maximum atomic E-state index is 11.3. The van der Waals surface area contributed by atoms with Crippen LogP contribution in [0.1, 0.15) is 32.4 Å². The van der Waals surface area contributed by atoms with Gasteiger partial charge in [-0.2, -0.15) is 0 Å². The van der Waals surface area contributed by atoms with E-state index in [1.807, 2.05) is 4.57 Å². The molecule has 1 unspecified atom stereocenters. The number of aromatic nitrogens is 1. The zero-order valence-corrected chi connectivity index (χ0v) is 17.5. The van der Waals surface area contributed by atoms with Crippen LogP contribution in [0.25, 0.3) is 10.9 Å². The van der Waals surface area contributed by atoms with Gasteiger partial charge in [0.25, 0.3) is 0 Å². The highest BCUT2D eigenvalue weighted by Gasteiger charge is 2.27. The van der Waals surface area contributed by atoms with Gasteiger partial charge in [-0.15, -0.1) is 0 Å². The van der Waals surface area contributed by atoms with Gasteiger partial charge < -0.3 is 29.2 Å². The van der Waals surface area contributed by atoms with Crippen molar-refractivity contribution in [3.05, 3.63) is 23.8 Å². The van der Waals surface area contributed by atoms with Crippen LogP contribution in [0.5, 0.6) is 5.88 Å². The molecule has 0 radical (unpaired) electrons. The number of hydrogen-bond donors (Lipinski definition) is 2. The second-order valence-electron chi connectivity index (χ2n) is 8.16. The van der Waals surface area contributed by atoms with E-state index in [0.29, 0.717) is 58.1 Å². The molecule has 0 saturated carbocycles. The molecule has 1 aromatic carbocycles. The van der Waals surface area contributed by atoms with E-state index >= 15 is 0 Å². The van der Waals surface area contributed by atoms with Crippen molar-refractivity contribution in [1.82, 2.24) is 4.57 Å². The summed E-state index contributed by atoms with van der Waals surface area (Å²) in [6.07, 6.45) is 0. The summed E-state index contributed by atoms with van der Waals surface area (Å²) in [6.45, 7) is 10.4. The number of aliphatic imine (C=N–C) groups is 1. The van der Waals surface area contributed by atoms with Gasteiger partial charge in [0.1, 0.15) is 0 Å². The van der Waals surface area contributed by atoms with Crippen LogP contribution < -0.4 is 5.32 Å². The van der Waals surface area contributed by atoms with Crippen LogP contribution in [-0.4, -0.2) is 67.6 Å². The molecule has 7 nitrogen and oxygen atoms in total. The molecule has 2 aromatic rings. The van der Waals surface area contributed by atoms with Crippen LogP contribution in [-0.2, 0) is 14.2 Å². The maximum Gasteiger partial charge on any atom is 0.201 e. The van der Waals surface area contributed by atoms with Crippen molar-refractivity contribution in [2.45, 2.75) is 32.9 Å². The van der Waals surface area contributed by atoms with Crippen LogP contribution in [0, 0.1) is 5.92 Å². The topological polar surface area (TPSA) is 77.2 Å². The van der Waals surface area contributed by atoms with Crippen LogP contribution >= 0.6 is 0 Å². The number of hydrogen-bond acceptors (Lipinski definition) is 6. The second kappa shape index (κ2) is 8.73. The van der Waals surface area contributed by atoms with Gasteiger partial charge in [-0.3, -0.25) is 4.99 Å². The highest BCUT2D eigenvalue weighted by Crippen LogP contribution is 2.37. The molecule has 3 heterocycles. The number of ether oxygens (including phenoxy) is 3. The van der Waals surface area contributed by atoms with Gasteiger partial charge >= 0.3 is 0 Å². The summed E-state index contributed by atoms with van der Waals surface area (Å²) in [5.41, 5.74) is 3.53. The van der Waals surface area contributed by atoms with Crippen molar-refractivity contribution >= 4 is 22.3 Å². The fourth-order valence-electron chi connectivity index (χ4n) is 3.84. The quantitative estimate of drug-likeness (QED) is 0.805. The SMILES string of the molecule is CC(C)C(C)Nc1ccc2c(c1)c(C1=NCCOC1)c(O)n2C1COCCOC1. The summed E-state index contributed by atoms with van der Waals surface area (Å²) in [5, 5.41) is 15.8. The summed E-state index contributed by atoms with van der Waals surface area (Å²) in [5.74, 6) is 0.719. The Bertz CT molecular complexity index is 882. The summed E-state index contributed by atoms with van der Waals surface area (Å²) in [4.78, 5) is 4.64. The van der Waals surface area contributed by atoms with Gasteiger partial charge in [0, 0.05) is 17.1 Å². The average molecular weight is 402 g/mol. The number of benzene rings is 1. The molecule has 2 N–H and O–H groups in total. The van der Waals surface area contributed by atoms with Gasteiger partial charge in [0.05, 0.1) is 69.0 Å². The monoisotopic (exact) mass is 401 g/mol. The molecule has 1 fully saturated rings. The van der Waals surface area contributed by atoms with Crippen LogP contribution in [0.15, 0.2) is 23.2 Å². The van der Waals surface area contributed by atoms with E-state index in [-0.39, 0.29) is 11.9 Å². The van der Waals surface area contributed by atoms with Gasteiger partial charge in [0.2, 0.25) is 5.88 Å². The summed E-state index contributed by atoms with van der Waals surface area (Å²) in [6, 6.07) is 6.48. The van der Waals surface area contributed by atoms with Gasteiger partial charge in [-0.1, -0.05) is 13.8 Å². The van der Waals surface area contributed by atoms with Crippen molar-refractivity contribution in [2.24, 2.45) is 10.9 Å². The Morgan fingerprint density at radius 3 is 2.52 bits per heavy atom. The fourth-order valence-corrected chi connectivity index (χ4v) is 3.84. The Hall–Kier alpha value is -2.09. The minimum Gasteiger partial charge on any atom is -0.494 e. The minimum atomic E-state index is -0.0905. The zero-order chi connectivity index (χ0) is 20.4. The zero-order valence-electron chi connectivity index (χ0n) is 17.5. The molecule has 0 bridgehead atoms. The maximum absolute atomic E-state index is 11.3. The van der Waals surface area contributed by atoms with Crippen LogP contribution in [0.3, 0.4) is 0 Å². The lowest BCUT2D eigenvalue weighted by Crippen LogP contribution is -2.21. The summed E-state index contributed by atoms with van der Waals surface area (Å²) >= 11 is 0. The number of rotatable bonds is 5. The molecule has 1 saturated heterocycles. The molecule has 4 rings (SSSR count). The number of nitrogens with zero attached hydrogens (tertiary/aromatic N) is 2. The van der Waals surface area contributed by atoms with E-state index in [0.717, 1.165) is 27.9 Å². The predicted octanol–water partition coefficient (Wildman–Crippen LogP) is 3.21. The van der Waals surface area contributed by atoms with Gasteiger partial charge in [-0.25, -0.2) is 0 Å². The first-order valence-electron chi connectivity index (χ1n) is 10.5. The van der Waals surface area contributed by atoms with E-state index in [4.69, 9.17) is 14.2 Å². The molecule has 1 atom stereocenters. The lowest BCUT2D eigenvalue weighted by atomic mass is 10.0. The molecular weight excluding hydrogens is 370 g/mol. The number of aromatic hydroxyl groups is 1. The number of nitrogens with one attached hydrogen (secondary N) is 1. The second-order valence-corrected chi connectivity index (χ2v) is 8.16. The first kappa shape index (κ1) is 20.2. The third-order valence-corrected chi connectivity index (χ3v) is 5.79. The standard InChI is InChI=1S/C22H31N3O4/c1-14(2)15(3)24-16-4-5-20-18(10-16)21(19-13-27-7-6-23-19)22(26)25(20)17-11-28-8-9-29-12-17/h4-5,10,14-15,17,24,26H,6-9,11-13H2,1-3H3. The third-order valence-electron chi connectivity index (χ3n) is 5.79. The first-order valence-corrected chi connectivity index (χ1v) is 10.5. The van der Waals surface area contributed by atoms with Crippen molar-refractivity contribution in [2.75, 3.05) is 51.5 Å². The molecular formula is C22H31N3O4. The van der Waals surface area contributed by atoms with Crippen molar-refractivity contribution in [3.8, 4) is 5.88 Å². The average Bonchev–Trinajstić information content (AvgIpc) is 2.87. The Labute approximate surface area is 171 Å². The third kappa shape index (κ3) is 4.13. The highest BCUT2D eigenvalue weighted by molar-refractivity contribution is 6.14. The molecule has 0 aliphatic carbocycles. The lowest BCUT2D eigenvalue weighted by Gasteiger charge is -2.20. The number of fused-ring (bicyclic) bond motifs is 1. The molecule has 1 aromatic heterocycles. The first-order chi connectivity index (χ1) is 14.1. The minimum absolute atomic E-state index is 0.0905. The van der Waals surface area contributed by atoms with E-state index in [1.165, 1.54) is 0 Å². The molecule has 2 aliphatic rings. The van der Waals surface area contributed by atoms with Gasteiger partial charge in [0.15, 0.2) is 0 Å². The van der Waals surface area contributed by atoms with Crippen molar-refractivity contribution < 1.29 is 19.3 Å². The normalized spacial score (nSPS) is 19.9. The van der Waals surface area contributed by atoms with Crippen molar-refractivity contribution in [3.63, 3.8) is 0 Å². The summed E-state index contributed by atoms with van der Waals surface area (Å²) < 4.78 is 19.0. The fraction of sp³-hybridized carbons (Fsp3) is 0.591. The van der Waals surface area contributed by atoms with E-state index < -0.39 is 0 Å². The molecule has 158 valence electrons. The van der Waals surface area contributed by atoms with E-state index in [1.54, 1.807) is 0 Å². The largest absolute Gasteiger partial charge is 0.494 e. The Kier molecular flexibility index (Phi) is 6.08. The Morgan fingerprint density at radius 1 is 1.10 bits per heavy atom. The molecule has 7 heteroatoms. The molecule has 0 amide bonds.